The molecule has 3 rings (SSSR count). The van der Waals surface area contributed by atoms with Crippen LogP contribution in [0.15, 0.2) is 32.8 Å². The number of thiazole rings is 1. The first-order valence-electron chi connectivity index (χ1n) is 5.92. The van der Waals surface area contributed by atoms with Crippen LogP contribution >= 0.6 is 11.3 Å². The summed E-state index contributed by atoms with van der Waals surface area (Å²) in [6, 6.07) is 5.69. The number of hydrogen-bond donors (Lipinski definition) is 1. The van der Waals surface area contributed by atoms with Crippen molar-refractivity contribution in [1.29, 1.82) is 0 Å². The third-order valence-electron chi connectivity index (χ3n) is 2.95. The second kappa shape index (κ2) is 4.24. The van der Waals surface area contributed by atoms with E-state index in [0.29, 0.717) is 10.7 Å². The quantitative estimate of drug-likeness (QED) is 0.780. The smallest absolute Gasteiger partial charge is 0.408 e. The second-order valence-electron chi connectivity index (χ2n) is 4.59. The molecule has 6 heteroatoms. The van der Waals surface area contributed by atoms with Gasteiger partial charge in [-0.05, 0) is 26.0 Å². The molecule has 1 aromatic carbocycles. The first kappa shape index (κ1) is 12.0. The summed E-state index contributed by atoms with van der Waals surface area (Å²) < 4.78 is 6.91. The van der Waals surface area contributed by atoms with E-state index in [1.165, 1.54) is 11.3 Å². The molecule has 0 bridgehead atoms. The third-order valence-corrected chi connectivity index (χ3v) is 3.62. The van der Waals surface area contributed by atoms with Crippen molar-refractivity contribution in [3.05, 3.63) is 34.1 Å². The van der Waals surface area contributed by atoms with Gasteiger partial charge in [0.05, 0.1) is 11.2 Å². The van der Waals surface area contributed by atoms with Crippen LogP contribution in [0.5, 0.6) is 0 Å². The Balaban J connectivity index is 2.20. The monoisotopic (exact) mass is 275 g/mol. The molecule has 0 fully saturated rings. The zero-order valence-electron chi connectivity index (χ0n) is 10.6. The molecule has 19 heavy (non-hydrogen) atoms. The molecule has 0 aliphatic rings. The molecule has 2 heterocycles. The van der Waals surface area contributed by atoms with Gasteiger partial charge in [0.25, 0.3) is 0 Å². The van der Waals surface area contributed by atoms with Crippen LogP contribution in [0.25, 0.3) is 22.4 Å². The lowest BCUT2D eigenvalue weighted by Crippen LogP contribution is -2.15. The highest BCUT2D eigenvalue weighted by molar-refractivity contribution is 7.13. The van der Waals surface area contributed by atoms with Gasteiger partial charge < -0.3 is 10.2 Å². The number of hydrogen-bond acceptors (Lipinski definition) is 5. The highest BCUT2D eigenvalue weighted by atomic mass is 32.1. The number of benzene rings is 1. The Morgan fingerprint density at radius 2 is 2.21 bits per heavy atom. The minimum atomic E-state index is -0.333. The van der Waals surface area contributed by atoms with Gasteiger partial charge in [-0.25, -0.2) is 9.78 Å². The lowest BCUT2D eigenvalue weighted by Gasteiger charge is -2.05. The van der Waals surface area contributed by atoms with E-state index in [4.69, 9.17) is 10.2 Å². The van der Waals surface area contributed by atoms with Crippen LogP contribution in [0.2, 0.25) is 0 Å². The van der Waals surface area contributed by atoms with Gasteiger partial charge in [-0.2, -0.15) is 0 Å². The molecule has 0 saturated carbocycles. The number of rotatable bonds is 2. The molecule has 2 N–H and O–H groups in total. The fourth-order valence-electron chi connectivity index (χ4n) is 2.10. The molecule has 0 aliphatic heterocycles. The molecule has 5 nitrogen and oxygen atoms in total. The molecule has 0 radical (unpaired) electrons. The molecule has 0 unspecified atom stereocenters. The Morgan fingerprint density at radius 3 is 2.84 bits per heavy atom. The summed E-state index contributed by atoms with van der Waals surface area (Å²) in [7, 11) is 0. The molecule has 2 aromatic heterocycles. The SMILES string of the molecule is CC(C)n1c(=O)oc2cc(-c3csc(N)n3)ccc21. The fourth-order valence-corrected chi connectivity index (χ4v) is 2.68. The van der Waals surface area contributed by atoms with Gasteiger partial charge in [-0.15, -0.1) is 11.3 Å². The zero-order valence-corrected chi connectivity index (χ0v) is 11.4. The summed E-state index contributed by atoms with van der Waals surface area (Å²) in [5, 5.41) is 2.41. The summed E-state index contributed by atoms with van der Waals surface area (Å²) in [6.45, 7) is 3.90. The predicted octanol–water partition coefficient (Wildman–Crippen LogP) is 2.88. The molecule has 0 atom stereocenters. The summed E-state index contributed by atoms with van der Waals surface area (Å²) in [5.74, 6) is -0.333. The minimum absolute atomic E-state index is 0.0644. The van der Waals surface area contributed by atoms with Crippen molar-refractivity contribution in [1.82, 2.24) is 9.55 Å². The van der Waals surface area contributed by atoms with Crippen molar-refractivity contribution in [2.45, 2.75) is 19.9 Å². The predicted molar refractivity (Wildman–Crippen MR) is 76.4 cm³/mol. The lowest BCUT2D eigenvalue weighted by atomic mass is 10.1. The molecular weight excluding hydrogens is 262 g/mol. The number of nitrogen functional groups attached to an aromatic ring is 1. The number of nitrogens with two attached hydrogens (primary N) is 1. The summed E-state index contributed by atoms with van der Waals surface area (Å²) in [5.41, 5.74) is 8.69. The van der Waals surface area contributed by atoms with E-state index in [1.54, 1.807) is 4.57 Å². The standard InChI is InChI=1S/C13H13N3O2S/c1-7(2)16-10-4-3-8(5-11(10)18-13(16)17)9-6-19-12(14)15-9/h3-7H,1-2H3,(H2,14,15). The van der Waals surface area contributed by atoms with Crippen LogP contribution in [-0.4, -0.2) is 9.55 Å². The lowest BCUT2D eigenvalue weighted by molar-refractivity contribution is 0.478. The van der Waals surface area contributed by atoms with Crippen molar-refractivity contribution in [3.8, 4) is 11.3 Å². The van der Waals surface area contributed by atoms with E-state index >= 15 is 0 Å². The van der Waals surface area contributed by atoms with Crippen LogP contribution in [0.4, 0.5) is 5.13 Å². The highest BCUT2D eigenvalue weighted by Gasteiger charge is 2.13. The fraction of sp³-hybridized carbons (Fsp3) is 0.231. The van der Waals surface area contributed by atoms with Crippen molar-refractivity contribution >= 4 is 27.6 Å². The molecule has 3 aromatic rings. The highest BCUT2D eigenvalue weighted by Crippen LogP contribution is 2.27. The second-order valence-corrected chi connectivity index (χ2v) is 5.47. The van der Waals surface area contributed by atoms with Crippen molar-refractivity contribution < 1.29 is 4.42 Å². The first-order chi connectivity index (χ1) is 9.06. The Kier molecular flexibility index (Phi) is 2.67. The van der Waals surface area contributed by atoms with Gasteiger partial charge in [0.2, 0.25) is 0 Å². The van der Waals surface area contributed by atoms with Crippen LogP contribution < -0.4 is 11.5 Å². The van der Waals surface area contributed by atoms with Gasteiger partial charge >= 0.3 is 5.76 Å². The first-order valence-corrected chi connectivity index (χ1v) is 6.80. The van der Waals surface area contributed by atoms with Gasteiger partial charge in [-0.3, -0.25) is 4.57 Å². The van der Waals surface area contributed by atoms with Crippen molar-refractivity contribution in [2.75, 3.05) is 5.73 Å². The maximum Gasteiger partial charge on any atom is 0.420 e. The van der Waals surface area contributed by atoms with Crippen molar-refractivity contribution in [2.24, 2.45) is 0 Å². The molecule has 0 spiro atoms. The number of anilines is 1. The number of nitrogens with zero attached hydrogens (tertiary/aromatic N) is 2. The summed E-state index contributed by atoms with van der Waals surface area (Å²) >= 11 is 1.39. The average Bonchev–Trinajstić information content (AvgIpc) is 2.90. The average molecular weight is 275 g/mol. The van der Waals surface area contributed by atoms with Crippen LogP contribution in [-0.2, 0) is 0 Å². The van der Waals surface area contributed by atoms with E-state index < -0.39 is 0 Å². The van der Waals surface area contributed by atoms with Gasteiger partial charge in [0.15, 0.2) is 10.7 Å². The van der Waals surface area contributed by atoms with Crippen LogP contribution in [0.3, 0.4) is 0 Å². The third kappa shape index (κ3) is 1.94. The normalized spacial score (nSPS) is 11.5. The number of fused-ring (bicyclic) bond motifs is 1. The maximum absolute atomic E-state index is 11.8. The Hall–Kier alpha value is -2.08. The van der Waals surface area contributed by atoms with Crippen LogP contribution in [0, 0.1) is 0 Å². The number of oxazole rings is 1. The maximum atomic E-state index is 11.8. The molecule has 98 valence electrons. The molecule has 0 amide bonds. The number of aromatic nitrogens is 2. The van der Waals surface area contributed by atoms with E-state index in [1.807, 2.05) is 37.4 Å². The van der Waals surface area contributed by atoms with E-state index in [9.17, 15) is 4.79 Å². The largest absolute Gasteiger partial charge is 0.420 e. The van der Waals surface area contributed by atoms with Gasteiger partial charge in [-0.1, -0.05) is 6.07 Å². The summed E-state index contributed by atoms with van der Waals surface area (Å²) in [6.07, 6.45) is 0. The zero-order chi connectivity index (χ0) is 13.6. The van der Waals surface area contributed by atoms with Crippen LogP contribution in [0.1, 0.15) is 19.9 Å². The molecule has 0 aliphatic carbocycles. The van der Waals surface area contributed by atoms with E-state index in [2.05, 4.69) is 4.98 Å². The summed E-state index contributed by atoms with van der Waals surface area (Å²) in [4.78, 5) is 16.0. The Bertz CT molecular complexity index is 798. The van der Waals surface area contributed by atoms with Crippen molar-refractivity contribution in [3.63, 3.8) is 0 Å². The van der Waals surface area contributed by atoms with Gasteiger partial charge in [0, 0.05) is 17.0 Å². The van der Waals surface area contributed by atoms with E-state index in [-0.39, 0.29) is 11.8 Å². The Labute approximate surface area is 113 Å². The Morgan fingerprint density at radius 1 is 1.42 bits per heavy atom. The molecule has 0 saturated heterocycles. The van der Waals surface area contributed by atoms with Gasteiger partial charge in [0.1, 0.15) is 0 Å². The molecular formula is C13H13N3O2S. The topological polar surface area (TPSA) is 74.0 Å². The minimum Gasteiger partial charge on any atom is -0.408 e. The van der Waals surface area contributed by atoms with E-state index in [0.717, 1.165) is 16.8 Å².